The van der Waals surface area contributed by atoms with Crippen LogP contribution in [0.5, 0.6) is 0 Å². The number of carboxylic acids is 1. The van der Waals surface area contributed by atoms with Gasteiger partial charge < -0.3 is 20.7 Å². The van der Waals surface area contributed by atoms with E-state index in [-0.39, 0.29) is 29.3 Å². The molecule has 8 nitrogen and oxygen atoms in total. The molecule has 20 heavy (non-hydrogen) atoms. The molecule has 112 valence electrons. The summed E-state index contributed by atoms with van der Waals surface area (Å²) in [6, 6.07) is 3.30. The van der Waals surface area contributed by atoms with Crippen LogP contribution >= 0.6 is 0 Å². The quantitative estimate of drug-likeness (QED) is 0.486. The van der Waals surface area contributed by atoms with Gasteiger partial charge in [0.1, 0.15) is 4.90 Å². The number of carbonyl (C=O) groups is 1. The lowest BCUT2D eigenvalue weighted by Crippen LogP contribution is -2.34. The van der Waals surface area contributed by atoms with Gasteiger partial charge in [-0.05, 0) is 18.2 Å². The molecule has 0 spiro atoms. The van der Waals surface area contributed by atoms with Crippen molar-refractivity contribution in [2.24, 2.45) is 0 Å². The van der Waals surface area contributed by atoms with Crippen LogP contribution in [0.4, 0.5) is 5.69 Å². The lowest BCUT2D eigenvalue weighted by Gasteiger charge is -2.12. The van der Waals surface area contributed by atoms with E-state index in [0.29, 0.717) is 0 Å². The van der Waals surface area contributed by atoms with Gasteiger partial charge >= 0.3 is 5.97 Å². The predicted octanol–water partition coefficient (Wildman–Crippen LogP) is -0.747. The van der Waals surface area contributed by atoms with E-state index in [0.717, 1.165) is 18.2 Å². The number of aliphatic hydroxyl groups excluding tert-OH is 1. The van der Waals surface area contributed by atoms with Crippen LogP contribution in [0.15, 0.2) is 23.1 Å². The van der Waals surface area contributed by atoms with E-state index in [1.54, 1.807) is 0 Å². The normalized spacial score (nSPS) is 13.1. The van der Waals surface area contributed by atoms with Crippen LogP contribution in [0.3, 0.4) is 0 Å². The van der Waals surface area contributed by atoms with Gasteiger partial charge in [-0.3, -0.25) is 0 Å². The molecule has 0 saturated heterocycles. The van der Waals surface area contributed by atoms with Crippen LogP contribution < -0.4 is 10.5 Å². The van der Waals surface area contributed by atoms with Gasteiger partial charge in [0, 0.05) is 13.7 Å². The monoisotopic (exact) mass is 304 g/mol. The number of ether oxygens (including phenoxy) is 1. The molecule has 5 N–H and O–H groups in total. The maximum atomic E-state index is 12.0. The average Bonchev–Trinajstić information content (AvgIpc) is 2.36. The van der Waals surface area contributed by atoms with Gasteiger partial charge in [0.25, 0.3) is 0 Å². The zero-order valence-corrected chi connectivity index (χ0v) is 11.6. The number of nitrogens with two attached hydrogens (primary N) is 1. The maximum absolute atomic E-state index is 12.0. The van der Waals surface area contributed by atoms with Gasteiger partial charge in [-0.1, -0.05) is 0 Å². The van der Waals surface area contributed by atoms with E-state index in [1.165, 1.54) is 7.11 Å². The van der Waals surface area contributed by atoms with Crippen LogP contribution in [-0.4, -0.2) is 51.0 Å². The van der Waals surface area contributed by atoms with Crippen LogP contribution in [-0.2, 0) is 14.8 Å². The van der Waals surface area contributed by atoms with E-state index in [1.807, 2.05) is 0 Å². The van der Waals surface area contributed by atoms with Crippen LogP contribution in [0.2, 0.25) is 0 Å². The molecule has 0 radical (unpaired) electrons. The van der Waals surface area contributed by atoms with Gasteiger partial charge in [-0.15, -0.1) is 0 Å². The Morgan fingerprint density at radius 1 is 1.50 bits per heavy atom. The number of methoxy groups -OCH3 is 1. The highest BCUT2D eigenvalue weighted by atomic mass is 32.2. The fourth-order valence-corrected chi connectivity index (χ4v) is 2.64. The first kappa shape index (κ1) is 16.4. The van der Waals surface area contributed by atoms with E-state index >= 15 is 0 Å². The van der Waals surface area contributed by atoms with Crippen LogP contribution in [0.25, 0.3) is 0 Å². The molecule has 9 heteroatoms. The van der Waals surface area contributed by atoms with Crippen molar-refractivity contribution in [3.05, 3.63) is 23.8 Å². The molecule has 0 saturated carbocycles. The second-order valence-corrected chi connectivity index (χ2v) is 5.75. The van der Waals surface area contributed by atoms with Crippen molar-refractivity contribution in [2.45, 2.75) is 11.0 Å². The smallest absolute Gasteiger partial charge is 0.335 e. The van der Waals surface area contributed by atoms with E-state index in [2.05, 4.69) is 9.46 Å². The number of nitrogen functional groups attached to an aromatic ring is 1. The Kier molecular flexibility index (Phi) is 5.45. The number of aromatic carboxylic acids is 1. The number of sulfonamides is 1. The molecule has 0 fully saturated rings. The molecule has 0 heterocycles. The Bertz CT molecular complexity index is 587. The summed E-state index contributed by atoms with van der Waals surface area (Å²) in [5, 5.41) is 18.2. The van der Waals surface area contributed by atoms with Crippen molar-refractivity contribution in [2.75, 3.05) is 26.0 Å². The van der Waals surface area contributed by atoms with Crippen molar-refractivity contribution in [3.8, 4) is 0 Å². The van der Waals surface area contributed by atoms with Crippen LogP contribution in [0, 0.1) is 0 Å². The number of aliphatic hydroxyl groups is 1. The minimum Gasteiger partial charge on any atom is -0.478 e. The second-order valence-electron chi connectivity index (χ2n) is 4.02. The third-order valence-corrected chi connectivity index (χ3v) is 3.91. The molecular formula is C11H16N2O6S. The predicted molar refractivity (Wildman–Crippen MR) is 70.9 cm³/mol. The Morgan fingerprint density at radius 3 is 2.65 bits per heavy atom. The minimum atomic E-state index is -3.93. The Morgan fingerprint density at radius 2 is 2.15 bits per heavy atom. The van der Waals surface area contributed by atoms with Gasteiger partial charge in [-0.2, -0.15) is 0 Å². The van der Waals surface area contributed by atoms with Gasteiger partial charge in [0.2, 0.25) is 10.0 Å². The van der Waals surface area contributed by atoms with Crippen molar-refractivity contribution in [3.63, 3.8) is 0 Å². The molecule has 0 bridgehead atoms. The second kappa shape index (κ2) is 6.66. The lowest BCUT2D eigenvalue weighted by molar-refractivity contribution is 0.0679. The summed E-state index contributed by atoms with van der Waals surface area (Å²) in [5.74, 6) is -1.20. The summed E-state index contributed by atoms with van der Waals surface area (Å²) < 4.78 is 30.7. The number of carboxylic acid groups (broad SMARTS) is 1. The number of nitrogens with one attached hydrogen (secondary N) is 1. The first-order valence-corrected chi connectivity index (χ1v) is 7.05. The van der Waals surface area contributed by atoms with Crippen molar-refractivity contribution in [1.29, 1.82) is 0 Å². The summed E-state index contributed by atoms with van der Waals surface area (Å²) in [7, 11) is -2.55. The molecule has 0 aliphatic carbocycles. The summed E-state index contributed by atoms with van der Waals surface area (Å²) >= 11 is 0. The lowest BCUT2D eigenvalue weighted by atomic mass is 10.2. The van der Waals surface area contributed by atoms with Crippen LogP contribution in [0.1, 0.15) is 10.4 Å². The topological polar surface area (TPSA) is 139 Å². The van der Waals surface area contributed by atoms with Gasteiger partial charge in [-0.25, -0.2) is 17.9 Å². The molecule has 0 aromatic heterocycles. The first-order valence-electron chi connectivity index (χ1n) is 5.57. The largest absolute Gasteiger partial charge is 0.478 e. The number of rotatable bonds is 7. The number of hydrogen-bond donors (Lipinski definition) is 4. The third kappa shape index (κ3) is 4.17. The first-order chi connectivity index (χ1) is 9.27. The highest BCUT2D eigenvalue weighted by Gasteiger charge is 2.19. The molecular weight excluding hydrogens is 288 g/mol. The number of hydrogen-bond acceptors (Lipinski definition) is 6. The standard InChI is InChI=1S/C11H16N2O6S/c1-19-6-8(14)5-13-20(17,18)10-3-2-7(11(15)16)4-9(10)12/h2-4,8,13-14H,5-6,12H2,1H3,(H,15,16). The zero-order chi connectivity index (χ0) is 15.3. The van der Waals surface area contributed by atoms with Crippen molar-refractivity contribution < 1.29 is 28.2 Å². The zero-order valence-electron chi connectivity index (χ0n) is 10.7. The average molecular weight is 304 g/mol. The molecule has 1 aromatic carbocycles. The fourth-order valence-electron chi connectivity index (χ4n) is 1.46. The molecule has 1 unspecified atom stereocenters. The highest BCUT2D eigenvalue weighted by molar-refractivity contribution is 7.89. The Labute approximate surface area is 116 Å². The summed E-state index contributed by atoms with van der Waals surface area (Å²) in [4.78, 5) is 10.5. The third-order valence-electron chi connectivity index (χ3n) is 2.41. The highest BCUT2D eigenvalue weighted by Crippen LogP contribution is 2.19. The van der Waals surface area contributed by atoms with Gasteiger partial charge in [0.05, 0.1) is 24.0 Å². The van der Waals surface area contributed by atoms with E-state index < -0.39 is 22.1 Å². The fraction of sp³-hybridized carbons (Fsp3) is 0.364. The molecule has 0 aliphatic rings. The molecule has 1 atom stereocenters. The Balaban J connectivity index is 2.90. The van der Waals surface area contributed by atoms with Crippen molar-refractivity contribution in [1.82, 2.24) is 4.72 Å². The molecule has 1 rings (SSSR count). The molecule has 1 aromatic rings. The number of anilines is 1. The van der Waals surface area contributed by atoms with Crippen molar-refractivity contribution >= 4 is 21.7 Å². The minimum absolute atomic E-state index is 0.0179. The molecule has 0 amide bonds. The summed E-state index contributed by atoms with van der Waals surface area (Å²) in [6.07, 6.45) is -0.991. The number of benzene rings is 1. The summed E-state index contributed by atoms with van der Waals surface area (Å²) in [6.45, 7) is -0.258. The summed E-state index contributed by atoms with van der Waals surface area (Å²) in [5.41, 5.74) is 5.25. The van der Waals surface area contributed by atoms with E-state index in [4.69, 9.17) is 10.8 Å². The maximum Gasteiger partial charge on any atom is 0.335 e. The SMILES string of the molecule is COCC(O)CNS(=O)(=O)c1ccc(C(=O)O)cc1N. The Hall–Kier alpha value is -1.68. The van der Waals surface area contributed by atoms with Gasteiger partial charge in [0.15, 0.2) is 0 Å². The molecule has 0 aliphatic heterocycles. The van der Waals surface area contributed by atoms with E-state index in [9.17, 15) is 18.3 Å².